The molecule has 108 valence electrons. The summed E-state index contributed by atoms with van der Waals surface area (Å²) in [5, 5.41) is 18.8. The molecule has 0 aromatic heterocycles. The zero-order valence-electron chi connectivity index (χ0n) is 11.5. The third kappa shape index (κ3) is 2.61. The van der Waals surface area contributed by atoms with Gasteiger partial charge in [-0.05, 0) is 25.2 Å². The number of hydrogen-bond donors (Lipinski definition) is 2. The summed E-state index contributed by atoms with van der Waals surface area (Å²) < 4.78 is 0. The third-order valence-electron chi connectivity index (χ3n) is 4.89. The minimum Gasteiger partial charge on any atom is -0.481 e. The lowest BCUT2D eigenvalue weighted by molar-refractivity contribution is -0.153. The Kier molecular flexibility index (Phi) is 4.13. The fraction of sp³-hybridized carbons (Fsp3) is 0.857. The molecule has 2 aliphatic rings. The summed E-state index contributed by atoms with van der Waals surface area (Å²) in [6.07, 6.45) is 3.95. The summed E-state index contributed by atoms with van der Waals surface area (Å²) in [5.74, 6) is -0.655. The first-order valence-electron chi connectivity index (χ1n) is 7.14. The molecule has 2 atom stereocenters. The first-order chi connectivity index (χ1) is 9.00. The fourth-order valence-corrected chi connectivity index (χ4v) is 3.51. The number of amides is 1. The Bertz CT molecular complexity index is 362. The van der Waals surface area contributed by atoms with Crippen molar-refractivity contribution in [1.29, 1.82) is 0 Å². The minimum absolute atomic E-state index is 0.0347. The first kappa shape index (κ1) is 14.3. The fourth-order valence-electron chi connectivity index (χ4n) is 3.51. The molecule has 2 N–H and O–H groups in total. The van der Waals surface area contributed by atoms with Gasteiger partial charge >= 0.3 is 5.97 Å². The smallest absolute Gasteiger partial charge is 0.310 e. The number of carbonyl (C=O) groups is 2. The number of aliphatic carboxylic acids is 1. The molecule has 0 bridgehead atoms. The van der Waals surface area contributed by atoms with E-state index in [1.807, 2.05) is 6.92 Å². The van der Waals surface area contributed by atoms with Crippen LogP contribution in [0.2, 0.25) is 0 Å². The molecule has 0 aromatic carbocycles. The lowest BCUT2D eigenvalue weighted by Crippen LogP contribution is -2.43. The number of carboxylic acids is 1. The largest absolute Gasteiger partial charge is 0.481 e. The minimum atomic E-state index is -0.858. The van der Waals surface area contributed by atoms with Crippen LogP contribution in [0.25, 0.3) is 0 Å². The maximum Gasteiger partial charge on any atom is 0.310 e. The number of aliphatic hydroxyl groups excluding tert-OH is 1. The Hall–Kier alpha value is -1.10. The molecule has 19 heavy (non-hydrogen) atoms. The molecule has 0 aromatic rings. The van der Waals surface area contributed by atoms with Crippen molar-refractivity contribution in [1.82, 2.24) is 4.90 Å². The van der Waals surface area contributed by atoms with Crippen LogP contribution in [0.1, 0.15) is 45.4 Å². The maximum absolute atomic E-state index is 12.4. The van der Waals surface area contributed by atoms with Gasteiger partial charge in [-0.25, -0.2) is 0 Å². The Balaban J connectivity index is 2.06. The molecular weight excluding hydrogens is 246 g/mol. The molecule has 2 fully saturated rings. The topological polar surface area (TPSA) is 77.8 Å². The van der Waals surface area contributed by atoms with Gasteiger partial charge in [0.05, 0.1) is 18.1 Å². The standard InChI is InChI=1S/C14H23NO4/c1-10-4-7-15(11(10)9-16)12(17)8-14(13(18)19)5-2-3-6-14/h10-11,16H,2-9H2,1H3,(H,18,19). The van der Waals surface area contributed by atoms with Gasteiger partial charge in [-0.15, -0.1) is 0 Å². The van der Waals surface area contributed by atoms with Crippen LogP contribution >= 0.6 is 0 Å². The normalized spacial score (nSPS) is 29.7. The van der Waals surface area contributed by atoms with E-state index in [-0.39, 0.29) is 25.0 Å². The number of aliphatic hydroxyl groups is 1. The van der Waals surface area contributed by atoms with Crippen LogP contribution in [0, 0.1) is 11.3 Å². The van der Waals surface area contributed by atoms with Gasteiger partial charge in [0.2, 0.25) is 5.91 Å². The van der Waals surface area contributed by atoms with E-state index in [9.17, 15) is 19.8 Å². The van der Waals surface area contributed by atoms with Crippen molar-refractivity contribution >= 4 is 11.9 Å². The number of rotatable bonds is 4. The Morgan fingerprint density at radius 3 is 2.47 bits per heavy atom. The quantitative estimate of drug-likeness (QED) is 0.805. The van der Waals surface area contributed by atoms with E-state index < -0.39 is 11.4 Å². The second-order valence-electron chi connectivity index (χ2n) is 6.07. The Labute approximate surface area is 113 Å². The van der Waals surface area contributed by atoms with Crippen LogP contribution in [0.4, 0.5) is 0 Å². The molecule has 2 rings (SSSR count). The van der Waals surface area contributed by atoms with Crippen LogP contribution < -0.4 is 0 Å². The zero-order valence-corrected chi connectivity index (χ0v) is 11.5. The molecule has 1 heterocycles. The molecule has 0 radical (unpaired) electrons. The van der Waals surface area contributed by atoms with Gasteiger partial charge in [-0.2, -0.15) is 0 Å². The van der Waals surface area contributed by atoms with Crippen LogP contribution in [-0.4, -0.2) is 46.2 Å². The van der Waals surface area contributed by atoms with Crippen LogP contribution in [0.5, 0.6) is 0 Å². The summed E-state index contributed by atoms with van der Waals surface area (Å²) in [6.45, 7) is 2.63. The Morgan fingerprint density at radius 2 is 1.95 bits per heavy atom. The average Bonchev–Trinajstić information content (AvgIpc) is 2.96. The van der Waals surface area contributed by atoms with Gasteiger partial charge in [0.1, 0.15) is 0 Å². The first-order valence-corrected chi connectivity index (χ1v) is 7.14. The average molecular weight is 269 g/mol. The molecule has 1 saturated carbocycles. The van der Waals surface area contributed by atoms with Gasteiger partial charge < -0.3 is 15.1 Å². The van der Waals surface area contributed by atoms with Crippen molar-refractivity contribution in [3.8, 4) is 0 Å². The summed E-state index contributed by atoms with van der Waals surface area (Å²) in [4.78, 5) is 25.5. The van der Waals surface area contributed by atoms with Gasteiger partial charge in [0.15, 0.2) is 0 Å². The summed E-state index contributed by atoms with van der Waals surface area (Å²) in [7, 11) is 0. The lowest BCUT2D eigenvalue weighted by Gasteiger charge is -2.30. The molecule has 1 amide bonds. The highest BCUT2D eigenvalue weighted by atomic mass is 16.4. The number of nitrogens with zero attached hydrogens (tertiary/aromatic N) is 1. The molecule has 1 aliphatic carbocycles. The van der Waals surface area contributed by atoms with Crippen molar-refractivity contribution in [2.24, 2.45) is 11.3 Å². The Morgan fingerprint density at radius 1 is 1.32 bits per heavy atom. The molecule has 0 spiro atoms. The highest BCUT2D eigenvalue weighted by molar-refractivity contribution is 5.85. The van der Waals surface area contributed by atoms with E-state index >= 15 is 0 Å². The van der Waals surface area contributed by atoms with E-state index in [1.54, 1.807) is 4.90 Å². The number of likely N-dealkylation sites (tertiary alicyclic amines) is 1. The van der Waals surface area contributed by atoms with Crippen LogP contribution in [-0.2, 0) is 9.59 Å². The van der Waals surface area contributed by atoms with Gasteiger partial charge in [0.25, 0.3) is 0 Å². The van der Waals surface area contributed by atoms with Crippen molar-refractivity contribution in [2.75, 3.05) is 13.2 Å². The summed E-state index contributed by atoms with van der Waals surface area (Å²) in [5.41, 5.74) is -0.858. The predicted molar refractivity (Wildman–Crippen MR) is 69.5 cm³/mol. The maximum atomic E-state index is 12.4. The summed E-state index contributed by atoms with van der Waals surface area (Å²) >= 11 is 0. The van der Waals surface area contributed by atoms with E-state index in [1.165, 1.54) is 0 Å². The van der Waals surface area contributed by atoms with Gasteiger partial charge in [-0.1, -0.05) is 19.8 Å². The van der Waals surface area contributed by atoms with Gasteiger partial charge in [-0.3, -0.25) is 9.59 Å². The van der Waals surface area contributed by atoms with Crippen molar-refractivity contribution in [2.45, 2.75) is 51.5 Å². The molecule has 1 saturated heterocycles. The van der Waals surface area contributed by atoms with Crippen molar-refractivity contribution in [3.63, 3.8) is 0 Å². The number of carboxylic acid groups (broad SMARTS) is 1. The van der Waals surface area contributed by atoms with E-state index in [2.05, 4.69) is 0 Å². The number of hydrogen-bond acceptors (Lipinski definition) is 3. The highest BCUT2D eigenvalue weighted by Crippen LogP contribution is 2.42. The van der Waals surface area contributed by atoms with E-state index in [0.717, 1.165) is 19.3 Å². The van der Waals surface area contributed by atoms with Gasteiger partial charge in [0, 0.05) is 13.0 Å². The highest BCUT2D eigenvalue weighted by Gasteiger charge is 2.45. The molecule has 5 nitrogen and oxygen atoms in total. The van der Waals surface area contributed by atoms with Crippen molar-refractivity contribution in [3.05, 3.63) is 0 Å². The van der Waals surface area contributed by atoms with Crippen LogP contribution in [0.15, 0.2) is 0 Å². The third-order valence-corrected chi connectivity index (χ3v) is 4.89. The summed E-state index contributed by atoms with van der Waals surface area (Å²) in [6, 6.07) is -0.139. The second-order valence-corrected chi connectivity index (χ2v) is 6.07. The second kappa shape index (κ2) is 5.49. The molecular formula is C14H23NO4. The zero-order chi connectivity index (χ0) is 14.0. The van der Waals surface area contributed by atoms with Crippen molar-refractivity contribution < 1.29 is 19.8 Å². The lowest BCUT2D eigenvalue weighted by atomic mass is 9.82. The van der Waals surface area contributed by atoms with E-state index in [0.29, 0.717) is 25.3 Å². The molecule has 5 heteroatoms. The monoisotopic (exact) mass is 269 g/mol. The number of carbonyl (C=O) groups excluding carboxylic acids is 1. The van der Waals surface area contributed by atoms with Crippen LogP contribution in [0.3, 0.4) is 0 Å². The molecule has 1 aliphatic heterocycles. The van der Waals surface area contributed by atoms with E-state index in [4.69, 9.17) is 0 Å². The predicted octanol–water partition coefficient (Wildman–Crippen LogP) is 1.25. The molecule has 2 unspecified atom stereocenters. The SMILES string of the molecule is CC1CCN(C(=O)CC2(C(=O)O)CCCC2)C1CO.